The van der Waals surface area contributed by atoms with Crippen LogP contribution in [0.4, 0.5) is 0 Å². The first kappa shape index (κ1) is 40.7. The molecule has 0 radical (unpaired) electrons. The van der Waals surface area contributed by atoms with Crippen molar-refractivity contribution >= 4 is 0 Å². The Balaban J connectivity index is -0.000000472. The van der Waals surface area contributed by atoms with Crippen LogP contribution < -0.4 is 0 Å². The van der Waals surface area contributed by atoms with Gasteiger partial charge in [0.05, 0.1) is 0 Å². The van der Waals surface area contributed by atoms with Crippen LogP contribution in [0.2, 0.25) is 0 Å². The van der Waals surface area contributed by atoms with E-state index >= 15 is 0 Å². The SMILES string of the molecule is C=C(C)CCC1=CCC(/C(C)=C/C)C(C)C1.C=CCC.C=CCC=C=CC.CC.CCC1CCC(C)CC1. The fraction of sp³-hybridized carbons (Fsp3) is 0.658. The van der Waals surface area contributed by atoms with Gasteiger partial charge < -0.3 is 0 Å². The van der Waals surface area contributed by atoms with Gasteiger partial charge in [-0.25, -0.2) is 0 Å². The molecule has 0 heteroatoms. The zero-order valence-corrected chi connectivity index (χ0v) is 27.7. The Labute approximate surface area is 241 Å². The molecule has 1 fully saturated rings. The van der Waals surface area contributed by atoms with Crippen LogP contribution in [0.3, 0.4) is 0 Å². The molecule has 0 amide bonds. The minimum absolute atomic E-state index is 0.776. The molecule has 0 heterocycles. The molecular formula is C38H68. The average molecular weight is 525 g/mol. The molecule has 0 spiro atoms. The summed E-state index contributed by atoms with van der Waals surface area (Å²) in [4.78, 5) is 0. The molecule has 2 atom stereocenters. The van der Waals surface area contributed by atoms with Gasteiger partial charge in [-0.3, -0.25) is 0 Å². The molecule has 0 aromatic rings. The lowest BCUT2D eigenvalue weighted by Crippen LogP contribution is -2.17. The third-order valence-corrected chi connectivity index (χ3v) is 7.42. The second-order valence-corrected chi connectivity index (χ2v) is 10.8. The summed E-state index contributed by atoms with van der Waals surface area (Å²) in [5.74, 6) is 3.67. The van der Waals surface area contributed by atoms with Crippen LogP contribution in [0.15, 0.2) is 78.6 Å². The lowest BCUT2D eigenvalue weighted by molar-refractivity contribution is 0.284. The topological polar surface area (TPSA) is 0 Å². The lowest BCUT2D eigenvalue weighted by atomic mass is 9.76. The summed E-state index contributed by atoms with van der Waals surface area (Å²) in [6, 6.07) is 0. The van der Waals surface area contributed by atoms with Crippen LogP contribution in [0.25, 0.3) is 0 Å². The van der Waals surface area contributed by atoms with E-state index in [4.69, 9.17) is 0 Å². The van der Waals surface area contributed by atoms with Crippen molar-refractivity contribution < 1.29 is 0 Å². The highest BCUT2D eigenvalue weighted by molar-refractivity contribution is 5.16. The molecule has 1 saturated carbocycles. The second kappa shape index (κ2) is 29.8. The Morgan fingerprint density at radius 1 is 1.00 bits per heavy atom. The predicted octanol–water partition coefficient (Wildman–Crippen LogP) is 13.4. The normalized spacial score (nSPS) is 21.8. The van der Waals surface area contributed by atoms with Crippen molar-refractivity contribution in [2.75, 3.05) is 0 Å². The maximum absolute atomic E-state index is 3.98. The van der Waals surface area contributed by atoms with Crippen LogP contribution >= 0.6 is 0 Å². The number of hydrogen-bond donors (Lipinski definition) is 0. The molecule has 220 valence electrons. The van der Waals surface area contributed by atoms with Crippen molar-refractivity contribution in [1.82, 2.24) is 0 Å². The fourth-order valence-corrected chi connectivity index (χ4v) is 4.60. The van der Waals surface area contributed by atoms with E-state index < -0.39 is 0 Å². The Morgan fingerprint density at radius 3 is 1.97 bits per heavy atom. The molecule has 0 nitrogen and oxygen atoms in total. The Morgan fingerprint density at radius 2 is 1.58 bits per heavy atom. The second-order valence-electron chi connectivity index (χ2n) is 10.8. The van der Waals surface area contributed by atoms with E-state index in [1.807, 2.05) is 45.1 Å². The van der Waals surface area contributed by atoms with Gasteiger partial charge in [-0.2, -0.15) is 0 Å². The minimum atomic E-state index is 0.776. The van der Waals surface area contributed by atoms with Gasteiger partial charge in [0.25, 0.3) is 0 Å². The van der Waals surface area contributed by atoms with Crippen molar-refractivity contribution in [1.29, 1.82) is 0 Å². The molecular weight excluding hydrogens is 456 g/mol. The zero-order valence-electron chi connectivity index (χ0n) is 27.7. The van der Waals surface area contributed by atoms with E-state index in [1.165, 1.54) is 56.9 Å². The van der Waals surface area contributed by atoms with Gasteiger partial charge in [0.15, 0.2) is 0 Å². The molecule has 0 aliphatic heterocycles. The van der Waals surface area contributed by atoms with Gasteiger partial charge in [0.2, 0.25) is 0 Å². The Bertz CT molecular complexity index is 684. The number of rotatable bonds is 8. The average Bonchev–Trinajstić information content (AvgIpc) is 2.94. The third kappa shape index (κ3) is 24.6. The summed E-state index contributed by atoms with van der Waals surface area (Å²) in [6.07, 6.45) is 26.6. The standard InChI is InChI=1S/C16H26.C9H18.C7H10.C4H8.C2H6/c1-6-13(4)16-10-9-15(11-14(16)5)8-7-12(2)3;1-3-9-6-4-8(2)5-7-9;1-3-5-7-6-4-2;1-3-4-2;1-2/h6,9,14,16H,2,7-8,10-11H2,1,3-5H3;8-9H,3-7H2,1-2H3;3-4,7H,1,5H2,2H3;3H,1,4H2,2H3;1-2H3/b13-6+;;;;. The minimum Gasteiger partial charge on any atom is -0.130 e. The van der Waals surface area contributed by atoms with E-state index in [0.29, 0.717) is 0 Å². The summed E-state index contributed by atoms with van der Waals surface area (Å²) in [5.41, 5.74) is 7.44. The molecule has 38 heavy (non-hydrogen) atoms. The smallest absolute Gasteiger partial charge is 0.00957 e. The van der Waals surface area contributed by atoms with Crippen molar-refractivity contribution in [2.24, 2.45) is 23.7 Å². The largest absolute Gasteiger partial charge is 0.130 e. The molecule has 0 N–H and O–H groups in total. The van der Waals surface area contributed by atoms with Crippen LogP contribution in [-0.4, -0.2) is 0 Å². The fourth-order valence-electron chi connectivity index (χ4n) is 4.60. The monoisotopic (exact) mass is 525 g/mol. The number of hydrogen-bond acceptors (Lipinski definition) is 0. The Kier molecular flexibility index (Phi) is 31.9. The van der Waals surface area contributed by atoms with Gasteiger partial charge in [0, 0.05) is 0 Å². The van der Waals surface area contributed by atoms with E-state index in [1.54, 1.807) is 11.1 Å². The first-order valence-corrected chi connectivity index (χ1v) is 15.7. The van der Waals surface area contributed by atoms with Crippen LogP contribution in [0.1, 0.15) is 140 Å². The molecule has 2 aliphatic rings. The first-order chi connectivity index (χ1) is 18.2. The first-order valence-electron chi connectivity index (χ1n) is 15.7. The summed E-state index contributed by atoms with van der Waals surface area (Å²) in [7, 11) is 0. The molecule has 0 aromatic heterocycles. The summed E-state index contributed by atoms with van der Waals surface area (Å²) in [5, 5.41) is 0. The predicted molar refractivity (Wildman–Crippen MR) is 180 cm³/mol. The third-order valence-electron chi connectivity index (χ3n) is 7.42. The highest BCUT2D eigenvalue weighted by atomic mass is 14.3. The molecule has 0 bridgehead atoms. The van der Waals surface area contributed by atoms with Crippen molar-refractivity contribution in [3.05, 3.63) is 78.6 Å². The van der Waals surface area contributed by atoms with Crippen LogP contribution in [-0.2, 0) is 0 Å². The van der Waals surface area contributed by atoms with E-state index in [2.05, 4.69) is 86.1 Å². The van der Waals surface area contributed by atoms with Crippen LogP contribution in [0.5, 0.6) is 0 Å². The van der Waals surface area contributed by atoms with E-state index in [-0.39, 0.29) is 0 Å². The number of allylic oxidation sites excluding steroid dienone is 8. The quantitative estimate of drug-likeness (QED) is 0.219. The summed E-state index contributed by atoms with van der Waals surface area (Å²) < 4.78 is 0. The molecule has 2 unspecified atom stereocenters. The molecule has 2 rings (SSSR count). The zero-order chi connectivity index (χ0) is 29.8. The van der Waals surface area contributed by atoms with Gasteiger partial charge in [-0.1, -0.05) is 115 Å². The van der Waals surface area contributed by atoms with Gasteiger partial charge in [-0.15, -0.1) is 25.5 Å². The van der Waals surface area contributed by atoms with Crippen molar-refractivity contribution in [2.45, 2.75) is 140 Å². The van der Waals surface area contributed by atoms with Crippen molar-refractivity contribution in [3.63, 3.8) is 0 Å². The summed E-state index contributed by atoms with van der Waals surface area (Å²) in [6.45, 7) is 32.7. The van der Waals surface area contributed by atoms with E-state index in [9.17, 15) is 0 Å². The molecule has 2 aliphatic carbocycles. The van der Waals surface area contributed by atoms with E-state index in [0.717, 1.165) is 42.9 Å². The highest BCUT2D eigenvalue weighted by Gasteiger charge is 2.22. The van der Waals surface area contributed by atoms with Crippen LogP contribution in [0, 0.1) is 23.7 Å². The van der Waals surface area contributed by atoms with Crippen molar-refractivity contribution in [3.8, 4) is 0 Å². The highest BCUT2D eigenvalue weighted by Crippen LogP contribution is 2.35. The van der Waals surface area contributed by atoms with Gasteiger partial charge in [-0.05, 0) is 102 Å². The lowest BCUT2D eigenvalue weighted by Gasteiger charge is -2.29. The maximum Gasteiger partial charge on any atom is -0.00957 e. The van der Waals surface area contributed by atoms with Gasteiger partial charge in [0.1, 0.15) is 0 Å². The Hall–Kier alpha value is -1.78. The maximum atomic E-state index is 3.98. The summed E-state index contributed by atoms with van der Waals surface area (Å²) >= 11 is 0. The molecule has 0 saturated heterocycles. The molecule has 0 aromatic carbocycles. The van der Waals surface area contributed by atoms with Gasteiger partial charge >= 0.3 is 0 Å².